The fourth-order valence-electron chi connectivity index (χ4n) is 2.86. The normalized spacial score (nSPS) is 17.9. The Morgan fingerprint density at radius 3 is 2.90 bits per heavy atom. The van der Waals surface area contributed by atoms with E-state index in [2.05, 4.69) is 23.2 Å². The lowest BCUT2D eigenvalue weighted by Crippen LogP contribution is -2.27. The number of hydrogen-bond donors (Lipinski definition) is 0. The van der Waals surface area contributed by atoms with Crippen LogP contribution in [0, 0.1) is 18.3 Å². The third kappa shape index (κ3) is 2.92. The topological polar surface area (TPSA) is 53.1 Å². The lowest BCUT2D eigenvalue weighted by atomic mass is 10.1. The number of oxazole rings is 1. The Bertz CT molecular complexity index is 642. The SMILES string of the molecule is Cc1nc(CCc2ccccc2)oc1N1CCC[C@H]1C#N. The number of aromatic nitrogens is 1. The zero-order valence-electron chi connectivity index (χ0n) is 12.2. The van der Waals surface area contributed by atoms with E-state index < -0.39 is 0 Å². The molecule has 0 saturated carbocycles. The number of anilines is 1. The molecule has 1 saturated heterocycles. The van der Waals surface area contributed by atoms with Gasteiger partial charge in [0.05, 0.1) is 6.07 Å². The highest BCUT2D eigenvalue weighted by atomic mass is 16.4. The number of aryl methyl sites for hydroxylation is 3. The van der Waals surface area contributed by atoms with Crippen molar-refractivity contribution in [1.29, 1.82) is 5.26 Å². The van der Waals surface area contributed by atoms with Gasteiger partial charge in [-0.2, -0.15) is 5.26 Å². The average molecular weight is 281 g/mol. The Labute approximate surface area is 125 Å². The van der Waals surface area contributed by atoms with Crippen LogP contribution in [0.15, 0.2) is 34.7 Å². The van der Waals surface area contributed by atoms with Crippen LogP contribution in [0.5, 0.6) is 0 Å². The van der Waals surface area contributed by atoms with Crippen molar-refractivity contribution in [3.8, 4) is 6.07 Å². The predicted octanol–water partition coefficient (Wildman–Crippen LogP) is 3.26. The molecule has 3 rings (SSSR count). The van der Waals surface area contributed by atoms with Gasteiger partial charge in [0.1, 0.15) is 11.7 Å². The van der Waals surface area contributed by atoms with Crippen LogP contribution in [0.1, 0.15) is 30.0 Å². The standard InChI is InChI=1S/C17H19N3O/c1-13-17(20-11-5-8-15(20)12-18)21-16(19-13)10-9-14-6-3-2-4-7-14/h2-4,6-7,15H,5,8-11H2,1H3/t15-/m0/s1. The van der Waals surface area contributed by atoms with Crippen molar-refractivity contribution >= 4 is 5.88 Å². The molecule has 1 aliphatic rings. The van der Waals surface area contributed by atoms with E-state index in [1.54, 1.807) is 0 Å². The van der Waals surface area contributed by atoms with Crippen LogP contribution in [-0.2, 0) is 12.8 Å². The van der Waals surface area contributed by atoms with Gasteiger partial charge in [-0.05, 0) is 31.7 Å². The van der Waals surface area contributed by atoms with Crippen molar-refractivity contribution in [2.75, 3.05) is 11.4 Å². The molecule has 1 aromatic heterocycles. The van der Waals surface area contributed by atoms with Crippen molar-refractivity contribution in [3.63, 3.8) is 0 Å². The van der Waals surface area contributed by atoms with Crippen molar-refractivity contribution in [1.82, 2.24) is 4.98 Å². The summed E-state index contributed by atoms with van der Waals surface area (Å²) >= 11 is 0. The minimum absolute atomic E-state index is 0.0707. The van der Waals surface area contributed by atoms with Gasteiger partial charge in [0.25, 0.3) is 0 Å². The molecule has 0 spiro atoms. The Morgan fingerprint density at radius 2 is 2.14 bits per heavy atom. The number of hydrogen-bond acceptors (Lipinski definition) is 4. The lowest BCUT2D eigenvalue weighted by Gasteiger charge is -2.18. The smallest absolute Gasteiger partial charge is 0.220 e. The first-order valence-electron chi connectivity index (χ1n) is 7.44. The largest absolute Gasteiger partial charge is 0.425 e. The molecule has 0 aliphatic carbocycles. The molecule has 4 nitrogen and oxygen atoms in total. The molecule has 0 N–H and O–H groups in total. The van der Waals surface area contributed by atoms with Crippen LogP contribution in [-0.4, -0.2) is 17.6 Å². The van der Waals surface area contributed by atoms with E-state index in [4.69, 9.17) is 4.42 Å². The first-order valence-corrected chi connectivity index (χ1v) is 7.44. The maximum absolute atomic E-state index is 9.19. The maximum atomic E-state index is 9.19. The van der Waals surface area contributed by atoms with Gasteiger partial charge in [0.2, 0.25) is 5.88 Å². The summed E-state index contributed by atoms with van der Waals surface area (Å²) in [5.74, 6) is 1.54. The molecule has 2 heterocycles. The lowest BCUT2D eigenvalue weighted by molar-refractivity contribution is 0.485. The van der Waals surface area contributed by atoms with Crippen molar-refractivity contribution < 1.29 is 4.42 Å². The highest BCUT2D eigenvalue weighted by Gasteiger charge is 2.28. The van der Waals surface area contributed by atoms with Gasteiger partial charge in [0.15, 0.2) is 5.89 Å². The molecule has 0 unspecified atom stereocenters. The summed E-state index contributed by atoms with van der Waals surface area (Å²) in [6.45, 7) is 2.84. The molecule has 2 aromatic rings. The molecular formula is C17H19N3O. The Hall–Kier alpha value is -2.28. The fraction of sp³-hybridized carbons (Fsp3) is 0.412. The molecule has 1 aliphatic heterocycles. The number of nitriles is 1. The van der Waals surface area contributed by atoms with Crippen molar-refractivity contribution in [2.24, 2.45) is 0 Å². The third-order valence-electron chi connectivity index (χ3n) is 3.95. The zero-order chi connectivity index (χ0) is 14.7. The minimum atomic E-state index is -0.0707. The monoisotopic (exact) mass is 281 g/mol. The van der Waals surface area contributed by atoms with Gasteiger partial charge in [-0.25, -0.2) is 4.98 Å². The van der Waals surface area contributed by atoms with Gasteiger partial charge in [-0.1, -0.05) is 30.3 Å². The van der Waals surface area contributed by atoms with E-state index in [1.807, 2.05) is 30.0 Å². The molecule has 21 heavy (non-hydrogen) atoms. The van der Waals surface area contributed by atoms with Crippen molar-refractivity contribution in [2.45, 2.75) is 38.6 Å². The fourth-order valence-corrected chi connectivity index (χ4v) is 2.86. The van der Waals surface area contributed by atoms with Crippen LogP contribution in [0.4, 0.5) is 5.88 Å². The van der Waals surface area contributed by atoms with Gasteiger partial charge in [-0.3, -0.25) is 0 Å². The summed E-state index contributed by atoms with van der Waals surface area (Å²) in [4.78, 5) is 6.57. The van der Waals surface area contributed by atoms with Gasteiger partial charge >= 0.3 is 0 Å². The average Bonchev–Trinajstić information content (AvgIpc) is 3.12. The van der Waals surface area contributed by atoms with E-state index in [9.17, 15) is 5.26 Å². The van der Waals surface area contributed by atoms with Gasteiger partial charge < -0.3 is 9.32 Å². The van der Waals surface area contributed by atoms with Crippen LogP contribution >= 0.6 is 0 Å². The molecule has 0 bridgehead atoms. The molecule has 108 valence electrons. The molecule has 1 fully saturated rings. The highest BCUT2D eigenvalue weighted by Crippen LogP contribution is 2.29. The van der Waals surface area contributed by atoms with E-state index >= 15 is 0 Å². The van der Waals surface area contributed by atoms with Crippen LogP contribution < -0.4 is 4.90 Å². The molecule has 1 aromatic carbocycles. The molecule has 1 atom stereocenters. The van der Waals surface area contributed by atoms with Gasteiger partial charge in [0, 0.05) is 13.0 Å². The summed E-state index contributed by atoms with van der Waals surface area (Å²) in [6, 6.07) is 12.6. The summed E-state index contributed by atoms with van der Waals surface area (Å²) in [5.41, 5.74) is 2.17. The zero-order valence-corrected chi connectivity index (χ0v) is 12.2. The Balaban J connectivity index is 1.71. The molecular weight excluding hydrogens is 262 g/mol. The van der Waals surface area contributed by atoms with E-state index in [0.717, 1.165) is 49.7 Å². The summed E-state index contributed by atoms with van der Waals surface area (Å²) in [5, 5.41) is 9.19. The second-order valence-corrected chi connectivity index (χ2v) is 5.46. The van der Waals surface area contributed by atoms with E-state index in [0.29, 0.717) is 0 Å². The second-order valence-electron chi connectivity index (χ2n) is 5.46. The number of benzene rings is 1. The van der Waals surface area contributed by atoms with E-state index in [-0.39, 0.29) is 6.04 Å². The first kappa shape index (κ1) is 13.7. The molecule has 4 heteroatoms. The summed E-state index contributed by atoms with van der Waals surface area (Å²) in [7, 11) is 0. The Morgan fingerprint density at radius 1 is 1.33 bits per heavy atom. The predicted molar refractivity (Wildman–Crippen MR) is 81.1 cm³/mol. The third-order valence-corrected chi connectivity index (χ3v) is 3.95. The second kappa shape index (κ2) is 6.01. The highest BCUT2D eigenvalue weighted by molar-refractivity contribution is 5.44. The quantitative estimate of drug-likeness (QED) is 0.863. The first-order chi connectivity index (χ1) is 10.3. The summed E-state index contributed by atoms with van der Waals surface area (Å²) < 4.78 is 5.92. The summed E-state index contributed by atoms with van der Waals surface area (Å²) in [6.07, 6.45) is 3.66. The van der Waals surface area contributed by atoms with E-state index in [1.165, 1.54) is 5.56 Å². The maximum Gasteiger partial charge on any atom is 0.220 e. The molecule has 0 radical (unpaired) electrons. The van der Waals surface area contributed by atoms with Crippen molar-refractivity contribution in [3.05, 3.63) is 47.5 Å². The molecule has 0 amide bonds. The number of nitrogens with zero attached hydrogens (tertiary/aromatic N) is 3. The number of rotatable bonds is 4. The Kier molecular flexibility index (Phi) is 3.92. The van der Waals surface area contributed by atoms with Crippen LogP contribution in [0.2, 0.25) is 0 Å². The van der Waals surface area contributed by atoms with Crippen LogP contribution in [0.25, 0.3) is 0 Å². The van der Waals surface area contributed by atoms with Crippen LogP contribution in [0.3, 0.4) is 0 Å². The minimum Gasteiger partial charge on any atom is -0.425 e. The van der Waals surface area contributed by atoms with Gasteiger partial charge in [-0.15, -0.1) is 0 Å².